The molecule has 0 aliphatic carbocycles. The Morgan fingerprint density at radius 1 is 1.10 bits per heavy atom. The van der Waals surface area contributed by atoms with Crippen molar-refractivity contribution < 1.29 is 4.74 Å². The molecule has 0 amide bonds. The largest absolute Gasteiger partial charge is 0.380 e. The summed E-state index contributed by atoms with van der Waals surface area (Å²) < 4.78 is 5.30. The molecule has 0 saturated carbocycles. The highest BCUT2D eigenvalue weighted by atomic mass is 127. The Kier molecular flexibility index (Phi) is 9.82. The quantitative estimate of drug-likeness (QED) is 0.263. The molecule has 1 heterocycles. The number of hydrogen-bond donors (Lipinski definition) is 2. The van der Waals surface area contributed by atoms with Crippen LogP contribution in [0.2, 0.25) is 0 Å². The number of aromatic nitrogens is 2. The first-order valence-corrected chi connectivity index (χ1v) is 9.85. The second-order valence-corrected chi connectivity index (χ2v) is 6.84. The average molecular weight is 519 g/mol. The lowest BCUT2D eigenvalue weighted by Crippen LogP contribution is -2.38. The molecule has 0 saturated heterocycles. The molecule has 0 atom stereocenters. The highest BCUT2D eigenvalue weighted by Gasteiger charge is 2.10. The lowest BCUT2D eigenvalue weighted by Gasteiger charge is -2.21. The topological polar surface area (TPSA) is 65.5 Å². The van der Waals surface area contributed by atoms with Crippen molar-refractivity contribution in [3.05, 3.63) is 77.7 Å². The van der Waals surface area contributed by atoms with Crippen LogP contribution in [0.4, 0.5) is 0 Å². The number of methoxy groups -OCH3 is 1. The van der Waals surface area contributed by atoms with Crippen LogP contribution in [0.25, 0.3) is 11.3 Å². The van der Waals surface area contributed by atoms with Gasteiger partial charge in [-0.15, -0.1) is 24.0 Å². The van der Waals surface area contributed by atoms with Crippen molar-refractivity contribution >= 4 is 29.9 Å². The minimum absolute atomic E-state index is 0. The van der Waals surface area contributed by atoms with Gasteiger partial charge in [0.25, 0.3) is 0 Å². The monoisotopic (exact) mass is 519 g/mol. The number of imidazole rings is 1. The number of benzene rings is 2. The number of rotatable bonds is 8. The summed E-state index contributed by atoms with van der Waals surface area (Å²) in [5.41, 5.74) is 4.48. The van der Waals surface area contributed by atoms with E-state index >= 15 is 0 Å². The van der Waals surface area contributed by atoms with Gasteiger partial charge < -0.3 is 19.9 Å². The lowest BCUT2D eigenvalue weighted by atomic mass is 10.1. The molecule has 30 heavy (non-hydrogen) atoms. The minimum Gasteiger partial charge on any atom is -0.380 e. The van der Waals surface area contributed by atoms with Crippen LogP contribution in [0.5, 0.6) is 0 Å². The smallest absolute Gasteiger partial charge is 0.194 e. The first kappa shape index (κ1) is 23.9. The summed E-state index contributed by atoms with van der Waals surface area (Å²) in [7, 11) is 3.73. The second-order valence-electron chi connectivity index (χ2n) is 6.84. The van der Waals surface area contributed by atoms with Gasteiger partial charge >= 0.3 is 0 Å². The van der Waals surface area contributed by atoms with Crippen LogP contribution >= 0.6 is 24.0 Å². The van der Waals surface area contributed by atoms with E-state index in [-0.39, 0.29) is 24.0 Å². The van der Waals surface area contributed by atoms with E-state index in [0.717, 1.165) is 35.1 Å². The summed E-state index contributed by atoms with van der Waals surface area (Å²) >= 11 is 0. The maximum absolute atomic E-state index is 5.30. The Bertz CT molecular complexity index is 926. The third kappa shape index (κ3) is 6.56. The van der Waals surface area contributed by atoms with Crippen molar-refractivity contribution in [3.8, 4) is 11.3 Å². The van der Waals surface area contributed by atoms with Crippen LogP contribution in [0.3, 0.4) is 0 Å². The molecule has 0 spiro atoms. The van der Waals surface area contributed by atoms with Crippen LogP contribution in [0.1, 0.15) is 23.9 Å². The van der Waals surface area contributed by atoms with E-state index in [1.54, 1.807) is 7.11 Å². The van der Waals surface area contributed by atoms with Crippen molar-refractivity contribution in [3.63, 3.8) is 0 Å². The van der Waals surface area contributed by atoms with E-state index in [2.05, 4.69) is 51.4 Å². The third-order valence-corrected chi connectivity index (χ3v) is 4.61. The number of halogens is 1. The Hall–Kier alpha value is -2.39. The fraction of sp³-hybridized carbons (Fsp3) is 0.304. The summed E-state index contributed by atoms with van der Waals surface area (Å²) in [6.45, 7) is 4.70. The second kappa shape index (κ2) is 12.3. The molecule has 7 heteroatoms. The first-order chi connectivity index (χ1) is 14.2. The highest BCUT2D eigenvalue weighted by molar-refractivity contribution is 14.0. The van der Waals surface area contributed by atoms with Crippen LogP contribution in [-0.2, 0) is 24.4 Å². The Labute approximate surface area is 195 Å². The van der Waals surface area contributed by atoms with Gasteiger partial charge in [0.15, 0.2) is 5.96 Å². The number of aromatic amines is 1. The molecule has 2 N–H and O–H groups in total. The fourth-order valence-corrected chi connectivity index (χ4v) is 3.14. The van der Waals surface area contributed by atoms with Crippen molar-refractivity contribution in [1.82, 2.24) is 20.2 Å². The molecule has 160 valence electrons. The van der Waals surface area contributed by atoms with E-state index in [1.807, 2.05) is 43.6 Å². The number of nitrogens with zero attached hydrogens (tertiary/aromatic N) is 3. The standard InChI is InChI=1S/C23H29N5O.HI/c1-4-24-23(26-14-19-12-8-9-13-20(19)17-29-3)28(2)16-22-25-15-21(27-22)18-10-6-5-7-11-18;/h5-13,15H,4,14,16-17H2,1-3H3,(H,24,26)(H,25,27);1H. The summed E-state index contributed by atoms with van der Waals surface area (Å²) in [6.07, 6.45) is 1.88. The van der Waals surface area contributed by atoms with Crippen LogP contribution < -0.4 is 5.32 Å². The van der Waals surface area contributed by atoms with Gasteiger partial charge in [0.2, 0.25) is 0 Å². The van der Waals surface area contributed by atoms with Gasteiger partial charge in [0.1, 0.15) is 5.82 Å². The fourth-order valence-electron chi connectivity index (χ4n) is 3.14. The van der Waals surface area contributed by atoms with Gasteiger partial charge in [-0.1, -0.05) is 54.6 Å². The molecule has 6 nitrogen and oxygen atoms in total. The highest BCUT2D eigenvalue weighted by Crippen LogP contribution is 2.16. The van der Waals surface area contributed by atoms with Gasteiger partial charge in [-0.25, -0.2) is 9.98 Å². The van der Waals surface area contributed by atoms with Gasteiger partial charge in [-0.05, 0) is 23.6 Å². The van der Waals surface area contributed by atoms with E-state index in [4.69, 9.17) is 9.73 Å². The molecule has 2 aromatic carbocycles. The molecule has 0 radical (unpaired) electrons. The molecule has 3 rings (SSSR count). The molecule has 0 bridgehead atoms. The van der Waals surface area contributed by atoms with Gasteiger partial charge in [0.05, 0.1) is 31.6 Å². The number of H-pyrrole nitrogens is 1. The van der Waals surface area contributed by atoms with Crippen LogP contribution in [-0.4, -0.2) is 41.5 Å². The third-order valence-electron chi connectivity index (χ3n) is 4.61. The van der Waals surface area contributed by atoms with Crippen LogP contribution in [0, 0.1) is 0 Å². The molecule has 0 unspecified atom stereocenters. The maximum Gasteiger partial charge on any atom is 0.194 e. The van der Waals surface area contributed by atoms with Gasteiger partial charge in [-0.3, -0.25) is 0 Å². The first-order valence-electron chi connectivity index (χ1n) is 9.85. The summed E-state index contributed by atoms with van der Waals surface area (Å²) in [6, 6.07) is 18.5. The van der Waals surface area contributed by atoms with E-state index in [0.29, 0.717) is 19.7 Å². The van der Waals surface area contributed by atoms with Crippen molar-refractivity contribution in [1.29, 1.82) is 0 Å². The number of nitrogens with one attached hydrogen (secondary N) is 2. The molecule has 3 aromatic rings. The van der Waals surface area contributed by atoms with E-state index < -0.39 is 0 Å². The average Bonchev–Trinajstić information content (AvgIpc) is 3.21. The molecule has 0 aliphatic rings. The predicted octanol–water partition coefficient (Wildman–Crippen LogP) is 4.44. The van der Waals surface area contributed by atoms with Crippen LogP contribution in [0.15, 0.2) is 65.8 Å². The SMILES string of the molecule is CCNC(=NCc1ccccc1COC)N(C)Cc1ncc(-c2ccccc2)[nH]1.I. The molecular weight excluding hydrogens is 489 g/mol. The predicted molar refractivity (Wildman–Crippen MR) is 133 cm³/mol. The minimum atomic E-state index is 0. The lowest BCUT2D eigenvalue weighted by molar-refractivity contribution is 0.184. The number of guanidine groups is 1. The van der Waals surface area contributed by atoms with Crippen molar-refractivity contribution in [2.45, 2.75) is 26.6 Å². The molecular formula is C23H30IN5O. The summed E-state index contributed by atoms with van der Waals surface area (Å²) in [5.74, 6) is 1.74. The normalized spacial score (nSPS) is 11.1. The Morgan fingerprint density at radius 3 is 2.50 bits per heavy atom. The zero-order valence-electron chi connectivity index (χ0n) is 17.8. The van der Waals surface area contributed by atoms with Crippen molar-refractivity contribution in [2.75, 3.05) is 20.7 Å². The van der Waals surface area contributed by atoms with Gasteiger partial charge in [0, 0.05) is 20.7 Å². The number of aliphatic imine (C=N–C) groups is 1. The maximum atomic E-state index is 5.30. The number of ether oxygens (including phenoxy) is 1. The van der Waals surface area contributed by atoms with Gasteiger partial charge in [-0.2, -0.15) is 0 Å². The summed E-state index contributed by atoms with van der Waals surface area (Å²) in [5, 5.41) is 3.37. The zero-order chi connectivity index (χ0) is 20.5. The molecule has 1 aromatic heterocycles. The molecule has 0 aliphatic heterocycles. The van der Waals surface area contributed by atoms with Crippen molar-refractivity contribution in [2.24, 2.45) is 4.99 Å². The van der Waals surface area contributed by atoms with E-state index in [9.17, 15) is 0 Å². The number of hydrogen-bond acceptors (Lipinski definition) is 3. The summed E-state index contributed by atoms with van der Waals surface area (Å²) in [4.78, 5) is 14.8. The Morgan fingerprint density at radius 2 is 1.80 bits per heavy atom. The Balaban J connectivity index is 0.00000320. The van der Waals surface area contributed by atoms with E-state index in [1.165, 1.54) is 5.56 Å². The zero-order valence-corrected chi connectivity index (χ0v) is 20.1. The molecule has 0 fully saturated rings.